The molecule has 126 valence electrons. The highest BCUT2D eigenvalue weighted by molar-refractivity contribution is 7.80. The van der Waals surface area contributed by atoms with Crippen LogP contribution in [0.1, 0.15) is 22.7 Å². The summed E-state index contributed by atoms with van der Waals surface area (Å²) in [6.07, 6.45) is 0. The highest BCUT2D eigenvalue weighted by atomic mass is 35.5. The van der Waals surface area contributed by atoms with Gasteiger partial charge in [-0.1, -0.05) is 77.8 Å². The van der Waals surface area contributed by atoms with Crippen LogP contribution in [0.15, 0.2) is 78.9 Å². The van der Waals surface area contributed by atoms with Crippen molar-refractivity contribution in [2.24, 2.45) is 0 Å². The Kier molecular flexibility index (Phi) is 5.69. The van der Waals surface area contributed by atoms with Crippen molar-refractivity contribution in [3.05, 3.63) is 101 Å². The van der Waals surface area contributed by atoms with Crippen molar-refractivity contribution in [2.45, 2.75) is 13.0 Å². The molecular formula is C21H19ClN2S. The molecule has 2 N–H and O–H groups in total. The van der Waals surface area contributed by atoms with Crippen molar-refractivity contribution in [3.63, 3.8) is 0 Å². The molecule has 0 aromatic heterocycles. The van der Waals surface area contributed by atoms with Crippen molar-refractivity contribution in [1.29, 1.82) is 0 Å². The highest BCUT2D eigenvalue weighted by Crippen LogP contribution is 2.23. The minimum absolute atomic E-state index is 0.0269. The Bertz CT molecular complexity index is 847. The second-order valence-corrected chi connectivity index (χ2v) is 6.71. The fourth-order valence-electron chi connectivity index (χ4n) is 2.63. The first-order chi connectivity index (χ1) is 12.1. The lowest BCUT2D eigenvalue weighted by Crippen LogP contribution is -2.33. The first kappa shape index (κ1) is 17.5. The van der Waals surface area contributed by atoms with E-state index in [0.29, 0.717) is 10.1 Å². The fraction of sp³-hybridized carbons (Fsp3) is 0.0952. The summed E-state index contributed by atoms with van der Waals surface area (Å²) in [5.41, 5.74) is 4.41. The van der Waals surface area contributed by atoms with Gasteiger partial charge in [-0.3, -0.25) is 0 Å². The maximum atomic E-state index is 6.04. The van der Waals surface area contributed by atoms with Crippen LogP contribution in [0.3, 0.4) is 0 Å². The van der Waals surface area contributed by atoms with Gasteiger partial charge in [0.25, 0.3) is 0 Å². The van der Waals surface area contributed by atoms with Crippen LogP contribution in [0.4, 0.5) is 5.69 Å². The smallest absolute Gasteiger partial charge is 0.171 e. The lowest BCUT2D eigenvalue weighted by molar-refractivity contribution is 0.768. The van der Waals surface area contributed by atoms with Gasteiger partial charge in [-0.05, 0) is 48.5 Å². The molecule has 0 saturated heterocycles. The topological polar surface area (TPSA) is 24.1 Å². The largest absolute Gasteiger partial charge is 0.352 e. The Labute approximate surface area is 158 Å². The highest BCUT2D eigenvalue weighted by Gasteiger charge is 2.15. The van der Waals surface area contributed by atoms with E-state index in [1.54, 1.807) is 0 Å². The quantitative estimate of drug-likeness (QED) is 0.577. The minimum Gasteiger partial charge on any atom is -0.352 e. The lowest BCUT2D eigenvalue weighted by Gasteiger charge is -2.22. The lowest BCUT2D eigenvalue weighted by atomic mass is 9.98. The standard InChI is InChI=1S/C21H19ClN2S/c1-15-10-12-17(13-11-15)20(16-6-3-2-4-7-16)24-21(25)23-19-9-5-8-18(22)14-19/h2-14,20H,1H3,(H2,23,24,25)/t20-/m0/s1. The Hall–Kier alpha value is -2.36. The van der Waals surface area contributed by atoms with Crippen LogP contribution in [0.5, 0.6) is 0 Å². The van der Waals surface area contributed by atoms with Gasteiger partial charge in [0.2, 0.25) is 0 Å². The number of anilines is 1. The van der Waals surface area contributed by atoms with Crippen LogP contribution in [-0.4, -0.2) is 5.11 Å². The summed E-state index contributed by atoms with van der Waals surface area (Å²) in [4.78, 5) is 0. The van der Waals surface area contributed by atoms with Gasteiger partial charge in [-0.25, -0.2) is 0 Å². The van der Waals surface area contributed by atoms with Crippen molar-refractivity contribution in [3.8, 4) is 0 Å². The second-order valence-electron chi connectivity index (χ2n) is 5.86. The van der Waals surface area contributed by atoms with Gasteiger partial charge in [-0.15, -0.1) is 0 Å². The van der Waals surface area contributed by atoms with Gasteiger partial charge in [0.15, 0.2) is 5.11 Å². The first-order valence-corrected chi connectivity index (χ1v) is 8.85. The van der Waals surface area contributed by atoms with E-state index in [2.05, 4.69) is 54.0 Å². The van der Waals surface area contributed by atoms with E-state index in [1.807, 2.05) is 42.5 Å². The third-order valence-corrected chi connectivity index (χ3v) is 4.36. The molecule has 0 saturated carbocycles. The SMILES string of the molecule is Cc1ccc([C@@H](NC(=S)Nc2cccc(Cl)c2)c2ccccc2)cc1. The Morgan fingerprint density at radius 2 is 1.56 bits per heavy atom. The molecule has 25 heavy (non-hydrogen) atoms. The van der Waals surface area contributed by atoms with E-state index in [-0.39, 0.29) is 6.04 Å². The van der Waals surface area contributed by atoms with Crippen molar-refractivity contribution in [1.82, 2.24) is 5.32 Å². The predicted molar refractivity (Wildman–Crippen MR) is 110 cm³/mol. The van der Waals surface area contributed by atoms with E-state index in [0.717, 1.165) is 16.8 Å². The maximum absolute atomic E-state index is 6.04. The first-order valence-electron chi connectivity index (χ1n) is 8.06. The van der Waals surface area contributed by atoms with E-state index in [4.69, 9.17) is 23.8 Å². The van der Waals surface area contributed by atoms with E-state index in [9.17, 15) is 0 Å². The maximum Gasteiger partial charge on any atom is 0.171 e. The summed E-state index contributed by atoms with van der Waals surface area (Å²) in [5, 5.41) is 7.84. The number of rotatable bonds is 4. The molecule has 3 rings (SSSR count). The van der Waals surface area contributed by atoms with Crippen LogP contribution in [0, 0.1) is 6.92 Å². The zero-order chi connectivity index (χ0) is 17.6. The zero-order valence-electron chi connectivity index (χ0n) is 13.9. The van der Waals surface area contributed by atoms with Gasteiger partial charge in [0.1, 0.15) is 0 Å². The molecule has 3 aromatic rings. The molecule has 0 fully saturated rings. The Morgan fingerprint density at radius 1 is 0.880 bits per heavy atom. The molecule has 0 spiro atoms. The molecule has 4 heteroatoms. The molecule has 0 bridgehead atoms. The number of hydrogen-bond acceptors (Lipinski definition) is 1. The number of thiocarbonyl (C=S) groups is 1. The number of benzene rings is 3. The molecule has 0 unspecified atom stereocenters. The predicted octanol–water partition coefficient (Wildman–Crippen LogP) is 5.72. The molecule has 1 atom stereocenters. The molecule has 0 aliphatic heterocycles. The van der Waals surface area contributed by atoms with Crippen molar-refractivity contribution in [2.75, 3.05) is 5.32 Å². The molecule has 0 radical (unpaired) electrons. The fourth-order valence-corrected chi connectivity index (χ4v) is 3.05. The van der Waals surface area contributed by atoms with E-state index < -0.39 is 0 Å². The van der Waals surface area contributed by atoms with Crippen LogP contribution < -0.4 is 10.6 Å². The summed E-state index contributed by atoms with van der Waals surface area (Å²) in [5.74, 6) is 0. The summed E-state index contributed by atoms with van der Waals surface area (Å²) in [6, 6.07) is 26.2. The summed E-state index contributed by atoms with van der Waals surface area (Å²) in [6.45, 7) is 2.08. The summed E-state index contributed by atoms with van der Waals surface area (Å²) in [7, 11) is 0. The summed E-state index contributed by atoms with van der Waals surface area (Å²) < 4.78 is 0. The van der Waals surface area contributed by atoms with E-state index >= 15 is 0 Å². The Balaban J connectivity index is 1.82. The molecule has 0 aliphatic carbocycles. The molecular weight excluding hydrogens is 348 g/mol. The number of aryl methyl sites for hydroxylation is 1. The molecule has 0 heterocycles. The van der Waals surface area contributed by atoms with Crippen LogP contribution in [0.2, 0.25) is 5.02 Å². The zero-order valence-corrected chi connectivity index (χ0v) is 15.4. The van der Waals surface area contributed by atoms with Crippen LogP contribution >= 0.6 is 23.8 Å². The second kappa shape index (κ2) is 8.15. The minimum atomic E-state index is -0.0269. The molecule has 0 aliphatic rings. The van der Waals surface area contributed by atoms with Gasteiger partial charge in [0, 0.05) is 10.7 Å². The number of nitrogens with one attached hydrogen (secondary N) is 2. The Morgan fingerprint density at radius 3 is 2.24 bits per heavy atom. The third kappa shape index (κ3) is 4.81. The summed E-state index contributed by atoms with van der Waals surface area (Å²) >= 11 is 11.6. The number of hydrogen-bond donors (Lipinski definition) is 2. The van der Waals surface area contributed by atoms with E-state index in [1.165, 1.54) is 5.56 Å². The number of halogens is 1. The molecule has 2 nitrogen and oxygen atoms in total. The van der Waals surface area contributed by atoms with Gasteiger partial charge in [-0.2, -0.15) is 0 Å². The monoisotopic (exact) mass is 366 g/mol. The normalized spacial score (nSPS) is 11.6. The van der Waals surface area contributed by atoms with Crippen LogP contribution in [-0.2, 0) is 0 Å². The average Bonchev–Trinajstić information content (AvgIpc) is 2.61. The van der Waals surface area contributed by atoms with Crippen molar-refractivity contribution < 1.29 is 0 Å². The van der Waals surface area contributed by atoms with Crippen molar-refractivity contribution >= 4 is 34.6 Å². The van der Waals surface area contributed by atoms with Crippen LogP contribution in [0.25, 0.3) is 0 Å². The van der Waals surface area contributed by atoms with Gasteiger partial charge >= 0.3 is 0 Å². The molecule has 3 aromatic carbocycles. The van der Waals surface area contributed by atoms with Gasteiger partial charge < -0.3 is 10.6 Å². The van der Waals surface area contributed by atoms with Gasteiger partial charge in [0.05, 0.1) is 6.04 Å². The third-order valence-electron chi connectivity index (χ3n) is 3.90. The average molecular weight is 367 g/mol. The molecule has 0 amide bonds.